The highest BCUT2D eigenvalue weighted by atomic mass is 19.3. The van der Waals surface area contributed by atoms with E-state index in [2.05, 4.69) is 6.07 Å². The average Bonchev–Trinajstić information content (AvgIpc) is 2.31. The van der Waals surface area contributed by atoms with Gasteiger partial charge in [-0.3, -0.25) is 0 Å². The first-order chi connectivity index (χ1) is 7.93. The normalized spacial score (nSPS) is 13.5. The SMILES string of the molecule is CCC(C#N)c1ccc(C(F)(F)C(C)C)cc1. The van der Waals surface area contributed by atoms with Gasteiger partial charge in [-0.15, -0.1) is 0 Å². The lowest BCUT2D eigenvalue weighted by Crippen LogP contribution is -2.20. The van der Waals surface area contributed by atoms with E-state index in [1.807, 2.05) is 6.92 Å². The van der Waals surface area contributed by atoms with Crippen LogP contribution in [0.5, 0.6) is 0 Å². The highest BCUT2D eigenvalue weighted by Gasteiger charge is 2.35. The molecule has 0 aliphatic carbocycles. The smallest absolute Gasteiger partial charge is 0.201 e. The minimum Gasteiger partial charge on any atom is -0.201 e. The molecule has 0 bridgehead atoms. The minimum atomic E-state index is -2.81. The lowest BCUT2D eigenvalue weighted by atomic mass is 9.93. The Labute approximate surface area is 101 Å². The van der Waals surface area contributed by atoms with Gasteiger partial charge in [0.25, 0.3) is 5.92 Å². The lowest BCUT2D eigenvalue weighted by Gasteiger charge is -2.21. The number of rotatable bonds is 4. The first-order valence-corrected chi connectivity index (χ1v) is 5.81. The van der Waals surface area contributed by atoms with Gasteiger partial charge in [-0.1, -0.05) is 45.0 Å². The van der Waals surface area contributed by atoms with E-state index in [4.69, 9.17) is 5.26 Å². The molecule has 0 N–H and O–H groups in total. The zero-order chi connectivity index (χ0) is 13.1. The summed E-state index contributed by atoms with van der Waals surface area (Å²) in [4.78, 5) is 0. The van der Waals surface area contributed by atoms with Crippen LogP contribution in [0.3, 0.4) is 0 Å². The van der Waals surface area contributed by atoms with E-state index in [0.717, 1.165) is 5.56 Å². The predicted molar refractivity (Wildman–Crippen MR) is 63.8 cm³/mol. The second-order valence-corrected chi connectivity index (χ2v) is 4.49. The standard InChI is InChI=1S/C14H17F2N/c1-4-11(9-17)12-5-7-13(8-6-12)14(15,16)10(2)3/h5-8,10-11H,4H2,1-3H3. The zero-order valence-electron chi connectivity index (χ0n) is 10.4. The van der Waals surface area contributed by atoms with Gasteiger partial charge in [0, 0.05) is 11.5 Å². The van der Waals surface area contributed by atoms with Crippen LogP contribution >= 0.6 is 0 Å². The van der Waals surface area contributed by atoms with Crippen LogP contribution in [0.15, 0.2) is 24.3 Å². The van der Waals surface area contributed by atoms with Crippen LogP contribution in [0.1, 0.15) is 44.2 Å². The van der Waals surface area contributed by atoms with E-state index in [1.165, 1.54) is 26.0 Å². The van der Waals surface area contributed by atoms with Gasteiger partial charge in [-0.05, 0) is 12.0 Å². The Morgan fingerprint density at radius 1 is 1.24 bits per heavy atom. The summed E-state index contributed by atoms with van der Waals surface area (Å²) in [5.41, 5.74) is 0.822. The molecule has 17 heavy (non-hydrogen) atoms. The van der Waals surface area contributed by atoms with Crippen LogP contribution in [-0.2, 0) is 5.92 Å². The molecule has 0 aliphatic rings. The van der Waals surface area contributed by atoms with Crippen LogP contribution < -0.4 is 0 Å². The number of nitrogens with zero attached hydrogens (tertiary/aromatic N) is 1. The Kier molecular flexibility index (Phi) is 4.22. The van der Waals surface area contributed by atoms with Crippen molar-refractivity contribution < 1.29 is 8.78 Å². The Bertz CT molecular complexity index is 401. The number of hydrogen-bond donors (Lipinski definition) is 0. The second kappa shape index (κ2) is 5.27. The van der Waals surface area contributed by atoms with E-state index in [0.29, 0.717) is 6.42 Å². The number of benzene rings is 1. The summed E-state index contributed by atoms with van der Waals surface area (Å²) in [5.74, 6) is -3.75. The van der Waals surface area contributed by atoms with Gasteiger partial charge in [0.05, 0.1) is 12.0 Å². The van der Waals surface area contributed by atoms with Crippen molar-refractivity contribution in [2.75, 3.05) is 0 Å². The highest BCUT2D eigenvalue weighted by Crippen LogP contribution is 2.36. The first kappa shape index (κ1) is 13.6. The van der Waals surface area contributed by atoms with E-state index < -0.39 is 11.8 Å². The summed E-state index contributed by atoms with van der Waals surface area (Å²) >= 11 is 0. The van der Waals surface area contributed by atoms with E-state index >= 15 is 0 Å². The molecule has 0 saturated heterocycles. The van der Waals surface area contributed by atoms with Gasteiger partial charge in [0.2, 0.25) is 0 Å². The summed E-state index contributed by atoms with van der Waals surface area (Å²) in [6.45, 7) is 4.90. The molecular weight excluding hydrogens is 220 g/mol. The molecule has 1 aromatic carbocycles. The molecule has 0 spiro atoms. The highest BCUT2D eigenvalue weighted by molar-refractivity contribution is 5.30. The van der Waals surface area contributed by atoms with Gasteiger partial charge in [-0.2, -0.15) is 5.26 Å². The summed E-state index contributed by atoms with van der Waals surface area (Å²) in [6, 6.07) is 8.27. The van der Waals surface area contributed by atoms with Gasteiger partial charge in [0.1, 0.15) is 0 Å². The van der Waals surface area contributed by atoms with Gasteiger partial charge in [-0.25, -0.2) is 8.78 Å². The maximum atomic E-state index is 13.7. The molecule has 0 aromatic heterocycles. The Balaban J connectivity index is 3.00. The predicted octanol–water partition coefficient (Wildman–Crippen LogP) is 4.45. The van der Waals surface area contributed by atoms with Crippen LogP contribution in [0, 0.1) is 17.2 Å². The van der Waals surface area contributed by atoms with Crippen molar-refractivity contribution in [2.24, 2.45) is 5.92 Å². The Hall–Kier alpha value is -1.43. The number of nitriles is 1. The number of alkyl halides is 2. The molecule has 1 rings (SSSR count). The van der Waals surface area contributed by atoms with Crippen LogP contribution in [-0.4, -0.2) is 0 Å². The third kappa shape index (κ3) is 2.82. The molecular formula is C14H17F2N. The minimum absolute atomic E-state index is 0.0176. The molecule has 0 heterocycles. The second-order valence-electron chi connectivity index (χ2n) is 4.49. The van der Waals surface area contributed by atoms with E-state index in [9.17, 15) is 8.78 Å². The number of hydrogen-bond acceptors (Lipinski definition) is 1. The van der Waals surface area contributed by atoms with Crippen molar-refractivity contribution in [3.05, 3.63) is 35.4 Å². The van der Waals surface area contributed by atoms with Crippen molar-refractivity contribution in [2.45, 2.75) is 39.0 Å². The molecule has 0 radical (unpaired) electrons. The van der Waals surface area contributed by atoms with Crippen molar-refractivity contribution in [1.29, 1.82) is 5.26 Å². The molecule has 1 unspecified atom stereocenters. The summed E-state index contributed by atoms with van der Waals surface area (Å²) in [5, 5.41) is 8.90. The third-order valence-electron chi connectivity index (χ3n) is 2.99. The average molecular weight is 237 g/mol. The zero-order valence-corrected chi connectivity index (χ0v) is 10.4. The molecule has 1 nitrogen and oxygen atoms in total. The fraction of sp³-hybridized carbons (Fsp3) is 0.500. The Morgan fingerprint density at radius 3 is 2.12 bits per heavy atom. The monoisotopic (exact) mass is 237 g/mol. The molecule has 0 amide bonds. The molecule has 92 valence electrons. The summed E-state index contributed by atoms with van der Waals surface area (Å²) in [6.07, 6.45) is 0.691. The van der Waals surface area contributed by atoms with Crippen molar-refractivity contribution >= 4 is 0 Å². The third-order valence-corrected chi connectivity index (χ3v) is 2.99. The lowest BCUT2D eigenvalue weighted by molar-refractivity contribution is -0.0513. The molecule has 3 heteroatoms. The van der Waals surface area contributed by atoms with Crippen molar-refractivity contribution in [3.8, 4) is 6.07 Å². The fourth-order valence-corrected chi connectivity index (χ4v) is 1.67. The molecule has 0 aliphatic heterocycles. The van der Waals surface area contributed by atoms with Gasteiger partial charge < -0.3 is 0 Å². The topological polar surface area (TPSA) is 23.8 Å². The van der Waals surface area contributed by atoms with Gasteiger partial charge in [0.15, 0.2) is 0 Å². The molecule has 0 fully saturated rings. The first-order valence-electron chi connectivity index (χ1n) is 5.81. The van der Waals surface area contributed by atoms with Crippen molar-refractivity contribution in [1.82, 2.24) is 0 Å². The largest absolute Gasteiger partial charge is 0.275 e. The van der Waals surface area contributed by atoms with E-state index in [1.54, 1.807) is 12.1 Å². The molecule has 1 atom stereocenters. The fourth-order valence-electron chi connectivity index (χ4n) is 1.67. The maximum absolute atomic E-state index is 13.7. The van der Waals surface area contributed by atoms with Crippen LogP contribution in [0.25, 0.3) is 0 Å². The molecule has 0 saturated carbocycles. The van der Waals surface area contributed by atoms with E-state index in [-0.39, 0.29) is 11.5 Å². The van der Waals surface area contributed by atoms with Crippen molar-refractivity contribution in [3.63, 3.8) is 0 Å². The van der Waals surface area contributed by atoms with Gasteiger partial charge >= 0.3 is 0 Å². The Morgan fingerprint density at radius 2 is 1.76 bits per heavy atom. The molecule has 1 aromatic rings. The summed E-state index contributed by atoms with van der Waals surface area (Å²) < 4.78 is 27.4. The van der Waals surface area contributed by atoms with Crippen LogP contribution in [0.2, 0.25) is 0 Å². The van der Waals surface area contributed by atoms with Crippen LogP contribution in [0.4, 0.5) is 8.78 Å². The number of halogens is 2. The summed E-state index contributed by atoms with van der Waals surface area (Å²) in [7, 11) is 0. The maximum Gasteiger partial charge on any atom is 0.275 e. The quantitative estimate of drug-likeness (QED) is 0.758.